The maximum atomic E-state index is 2.28. The fourth-order valence-electron chi connectivity index (χ4n) is 1.59. The van der Waals surface area contributed by atoms with Crippen molar-refractivity contribution in [1.29, 1.82) is 0 Å². The number of aryl methyl sites for hydroxylation is 1. The molecule has 0 aliphatic carbocycles. The summed E-state index contributed by atoms with van der Waals surface area (Å²) in [5, 5.41) is 0.677. The van der Waals surface area contributed by atoms with Crippen LogP contribution in [0.1, 0.15) is 45.6 Å². The molecule has 0 heterocycles. The molecule has 1 heteroatoms. The van der Waals surface area contributed by atoms with E-state index in [2.05, 4.69) is 45.0 Å². The molecule has 1 aromatic carbocycles. The van der Waals surface area contributed by atoms with Gasteiger partial charge in [0.1, 0.15) is 0 Å². The van der Waals surface area contributed by atoms with Gasteiger partial charge in [-0.2, -0.15) is 0 Å². The summed E-state index contributed by atoms with van der Waals surface area (Å²) in [5.41, 5.74) is 1.48. The van der Waals surface area contributed by atoms with Crippen LogP contribution in [-0.2, 0) is 6.42 Å². The Labute approximate surface area is 98.5 Å². The van der Waals surface area contributed by atoms with Crippen molar-refractivity contribution in [2.45, 2.75) is 56.6 Å². The predicted octanol–water partition coefficient (Wildman–Crippen LogP) is 4.92. The zero-order chi connectivity index (χ0) is 11.1. The molecule has 0 atom stereocenters. The number of hydrogen-bond donors (Lipinski definition) is 0. The van der Waals surface area contributed by atoms with Gasteiger partial charge in [-0.3, -0.25) is 0 Å². The van der Waals surface area contributed by atoms with E-state index in [4.69, 9.17) is 0 Å². The van der Waals surface area contributed by atoms with Crippen molar-refractivity contribution >= 4 is 11.8 Å². The van der Waals surface area contributed by atoms with Crippen molar-refractivity contribution in [2.75, 3.05) is 0 Å². The molecule has 0 N–H and O–H groups in total. The molecule has 0 unspecified atom stereocenters. The predicted molar refractivity (Wildman–Crippen MR) is 70.7 cm³/mol. The summed E-state index contributed by atoms with van der Waals surface area (Å²) in [7, 11) is 0. The highest BCUT2D eigenvalue weighted by Crippen LogP contribution is 2.23. The van der Waals surface area contributed by atoms with Crippen LogP contribution in [0, 0.1) is 0 Å². The lowest BCUT2D eigenvalue weighted by atomic mass is 10.1. The van der Waals surface area contributed by atoms with Crippen molar-refractivity contribution in [1.82, 2.24) is 0 Å². The number of thioether (sulfide) groups is 1. The largest absolute Gasteiger partial charge is 0.123 e. The Balaban J connectivity index is 2.42. The first-order valence-corrected chi connectivity index (χ1v) is 6.86. The van der Waals surface area contributed by atoms with E-state index in [1.807, 2.05) is 11.8 Å². The number of unbranched alkanes of at least 4 members (excludes halogenated alkanes) is 2. The Kier molecular flexibility index (Phi) is 5.85. The standard InChI is InChI=1S/C14H22S/c1-4-5-6-7-13-8-10-14(11-9-13)15-12(2)3/h8-12H,4-7H2,1-3H3. The van der Waals surface area contributed by atoms with Crippen molar-refractivity contribution < 1.29 is 0 Å². The van der Waals surface area contributed by atoms with Gasteiger partial charge in [0.2, 0.25) is 0 Å². The molecular formula is C14H22S. The highest BCUT2D eigenvalue weighted by molar-refractivity contribution is 7.99. The zero-order valence-electron chi connectivity index (χ0n) is 10.1. The molecule has 0 nitrogen and oxygen atoms in total. The van der Waals surface area contributed by atoms with Crippen LogP contribution in [0.15, 0.2) is 29.2 Å². The molecule has 15 heavy (non-hydrogen) atoms. The Hall–Kier alpha value is -0.430. The number of hydrogen-bond acceptors (Lipinski definition) is 1. The van der Waals surface area contributed by atoms with Gasteiger partial charge in [0.05, 0.1) is 0 Å². The third kappa shape index (κ3) is 5.27. The molecule has 0 aliphatic heterocycles. The van der Waals surface area contributed by atoms with Crippen LogP contribution in [0.2, 0.25) is 0 Å². The molecule has 0 aromatic heterocycles. The van der Waals surface area contributed by atoms with Gasteiger partial charge in [-0.25, -0.2) is 0 Å². The van der Waals surface area contributed by atoms with E-state index >= 15 is 0 Å². The van der Waals surface area contributed by atoms with Gasteiger partial charge in [-0.15, -0.1) is 11.8 Å². The Morgan fingerprint density at radius 1 is 1.07 bits per heavy atom. The summed E-state index contributed by atoms with van der Waals surface area (Å²) < 4.78 is 0. The van der Waals surface area contributed by atoms with Gasteiger partial charge in [0.25, 0.3) is 0 Å². The van der Waals surface area contributed by atoms with Gasteiger partial charge < -0.3 is 0 Å². The fraction of sp³-hybridized carbons (Fsp3) is 0.571. The SMILES string of the molecule is CCCCCc1ccc(SC(C)C)cc1. The third-order valence-corrected chi connectivity index (χ3v) is 3.38. The zero-order valence-corrected chi connectivity index (χ0v) is 10.9. The molecule has 84 valence electrons. The maximum Gasteiger partial charge on any atom is 0.00747 e. The Morgan fingerprint density at radius 3 is 2.27 bits per heavy atom. The average Bonchev–Trinajstić information content (AvgIpc) is 2.20. The summed E-state index contributed by atoms with van der Waals surface area (Å²) in [6, 6.07) is 9.07. The molecule has 0 saturated carbocycles. The monoisotopic (exact) mass is 222 g/mol. The molecule has 0 aliphatic rings. The highest BCUT2D eigenvalue weighted by Gasteiger charge is 1.98. The first-order chi connectivity index (χ1) is 7.22. The molecule has 0 spiro atoms. The van der Waals surface area contributed by atoms with Crippen molar-refractivity contribution in [3.63, 3.8) is 0 Å². The van der Waals surface area contributed by atoms with Crippen LogP contribution in [0.25, 0.3) is 0 Å². The molecule has 1 aromatic rings. The molecule has 0 saturated heterocycles. The van der Waals surface area contributed by atoms with Gasteiger partial charge in [-0.1, -0.05) is 45.7 Å². The maximum absolute atomic E-state index is 2.28. The number of rotatable bonds is 6. The summed E-state index contributed by atoms with van der Waals surface area (Å²) in [4.78, 5) is 1.39. The Bertz CT molecular complexity index is 261. The van der Waals surface area contributed by atoms with E-state index in [1.165, 1.54) is 36.1 Å². The van der Waals surface area contributed by atoms with Crippen molar-refractivity contribution in [2.24, 2.45) is 0 Å². The van der Waals surface area contributed by atoms with E-state index in [0.29, 0.717) is 5.25 Å². The van der Waals surface area contributed by atoms with E-state index in [0.717, 1.165) is 0 Å². The fourth-order valence-corrected chi connectivity index (χ4v) is 2.42. The first-order valence-electron chi connectivity index (χ1n) is 5.98. The second-order valence-electron chi connectivity index (χ2n) is 4.27. The van der Waals surface area contributed by atoms with E-state index in [1.54, 1.807) is 0 Å². The van der Waals surface area contributed by atoms with Gasteiger partial charge >= 0.3 is 0 Å². The quantitative estimate of drug-likeness (QED) is 0.486. The van der Waals surface area contributed by atoms with E-state index < -0.39 is 0 Å². The molecule has 0 amide bonds. The van der Waals surface area contributed by atoms with Crippen LogP contribution >= 0.6 is 11.8 Å². The topological polar surface area (TPSA) is 0 Å². The summed E-state index contributed by atoms with van der Waals surface area (Å²) >= 11 is 1.94. The minimum atomic E-state index is 0.677. The third-order valence-electron chi connectivity index (χ3n) is 2.36. The van der Waals surface area contributed by atoms with Crippen molar-refractivity contribution in [3.05, 3.63) is 29.8 Å². The molecule has 0 bridgehead atoms. The minimum Gasteiger partial charge on any atom is -0.123 e. The summed E-state index contributed by atoms with van der Waals surface area (Å²) in [5.74, 6) is 0. The molecule has 0 radical (unpaired) electrons. The number of benzene rings is 1. The van der Waals surface area contributed by atoms with E-state index in [9.17, 15) is 0 Å². The summed E-state index contributed by atoms with van der Waals surface area (Å²) in [6.07, 6.45) is 5.22. The van der Waals surface area contributed by atoms with Crippen molar-refractivity contribution in [3.8, 4) is 0 Å². The van der Waals surface area contributed by atoms with Crippen LogP contribution in [0.3, 0.4) is 0 Å². The smallest absolute Gasteiger partial charge is 0.00747 e. The first kappa shape index (κ1) is 12.6. The Morgan fingerprint density at radius 2 is 1.73 bits per heavy atom. The molecular weight excluding hydrogens is 200 g/mol. The second kappa shape index (κ2) is 6.95. The molecule has 0 fully saturated rings. The van der Waals surface area contributed by atoms with Crippen LogP contribution in [0.4, 0.5) is 0 Å². The van der Waals surface area contributed by atoms with Gasteiger partial charge in [0, 0.05) is 10.1 Å². The van der Waals surface area contributed by atoms with Gasteiger partial charge in [0.15, 0.2) is 0 Å². The highest BCUT2D eigenvalue weighted by atomic mass is 32.2. The lowest BCUT2D eigenvalue weighted by Crippen LogP contribution is -1.88. The summed E-state index contributed by atoms with van der Waals surface area (Å²) in [6.45, 7) is 6.72. The second-order valence-corrected chi connectivity index (χ2v) is 5.92. The lowest BCUT2D eigenvalue weighted by molar-refractivity contribution is 0.717. The molecule has 1 rings (SSSR count). The van der Waals surface area contributed by atoms with Crippen LogP contribution in [0.5, 0.6) is 0 Å². The minimum absolute atomic E-state index is 0.677. The normalized spacial score (nSPS) is 10.9. The van der Waals surface area contributed by atoms with Crippen LogP contribution in [-0.4, -0.2) is 5.25 Å². The lowest BCUT2D eigenvalue weighted by Gasteiger charge is -2.06. The average molecular weight is 222 g/mol. The van der Waals surface area contributed by atoms with E-state index in [-0.39, 0.29) is 0 Å². The van der Waals surface area contributed by atoms with Gasteiger partial charge in [-0.05, 0) is 30.5 Å². The van der Waals surface area contributed by atoms with Crippen LogP contribution < -0.4 is 0 Å².